The molecule has 6 heteroatoms. The lowest BCUT2D eigenvalue weighted by molar-refractivity contribution is -0.138. The number of rotatable bonds is 5. The van der Waals surface area contributed by atoms with Crippen LogP contribution < -0.4 is 5.32 Å². The molecule has 22 heavy (non-hydrogen) atoms. The first-order chi connectivity index (χ1) is 10.3. The van der Waals surface area contributed by atoms with E-state index >= 15 is 0 Å². The standard InChI is InChI=1S/C16H24N2O2S.ClH/c19-16(13-5-7-17-8-6-13)18(11-14-3-1-9-20-14)12-15-4-2-10-21-15;/h2,4,10,13-14,17H,1,3,5-9,11-12H2;1H. The van der Waals surface area contributed by atoms with Crippen LogP contribution in [0.3, 0.4) is 0 Å². The normalized spacial score (nSPS) is 22.3. The summed E-state index contributed by atoms with van der Waals surface area (Å²) in [6.07, 6.45) is 4.37. The van der Waals surface area contributed by atoms with Crippen molar-refractivity contribution in [2.75, 3.05) is 26.2 Å². The van der Waals surface area contributed by atoms with Crippen molar-refractivity contribution >= 4 is 29.7 Å². The van der Waals surface area contributed by atoms with Gasteiger partial charge < -0.3 is 15.0 Å². The van der Waals surface area contributed by atoms with Crippen LogP contribution in [0.2, 0.25) is 0 Å². The molecule has 0 radical (unpaired) electrons. The number of amides is 1. The SMILES string of the molecule is Cl.O=C(C1CCNCC1)N(Cc1cccs1)CC1CCCO1. The number of thiophene rings is 1. The van der Waals surface area contributed by atoms with E-state index < -0.39 is 0 Å². The number of ether oxygens (including phenoxy) is 1. The van der Waals surface area contributed by atoms with Gasteiger partial charge in [0.25, 0.3) is 0 Å². The largest absolute Gasteiger partial charge is 0.376 e. The number of carbonyl (C=O) groups excluding carboxylic acids is 1. The molecule has 3 heterocycles. The van der Waals surface area contributed by atoms with E-state index in [-0.39, 0.29) is 24.4 Å². The minimum Gasteiger partial charge on any atom is -0.376 e. The maximum absolute atomic E-state index is 12.9. The van der Waals surface area contributed by atoms with Gasteiger partial charge in [-0.1, -0.05) is 6.07 Å². The quantitative estimate of drug-likeness (QED) is 0.893. The molecular formula is C16H25ClN2O2S. The monoisotopic (exact) mass is 344 g/mol. The maximum atomic E-state index is 12.9. The first-order valence-corrected chi connectivity index (χ1v) is 8.84. The molecule has 2 fully saturated rings. The maximum Gasteiger partial charge on any atom is 0.226 e. The molecular weight excluding hydrogens is 320 g/mol. The van der Waals surface area contributed by atoms with Gasteiger partial charge in [-0.15, -0.1) is 23.7 Å². The number of nitrogens with one attached hydrogen (secondary N) is 1. The summed E-state index contributed by atoms with van der Waals surface area (Å²) in [7, 11) is 0. The van der Waals surface area contributed by atoms with E-state index in [1.54, 1.807) is 11.3 Å². The van der Waals surface area contributed by atoms with Gasteiger partial charge in [0, 0.05) is 23.9 Å². The van der Waals surface area contributed by atoms with Gasteiger partial charge in [0.2, 0.25) is 5.91 Å². The molecule has 0 spiro atoms. The number of hydrogen-bond donors (Lipinski definition) is 1. The Hall–Kier alpha value is -0.620. The number of nitrogens with zero attached hydrogens (tertiary/aromatic N) is 1. The van der Waals surface area contributed by atoms with Crippen molar-refractivity contribution in [3.05, 3.63) is 22.4 Å². The highest BCUT2D eigenvalue weighted by molar-refractivity contribution is 7.09. The predicted molar refractivity (Wildman–Crippen MR) is 91.6 cm³/mol. The van der Waals surface area contributed by atoms with Crippen LogP contribution in [0.5, 0.6) is 0 Å². The molecule has 1 atom stereocenters. The Labute approximate surface area is 142 Å². The Kier molecular flexibility index (Phi) is 7.15. The van der Waals surface area contributed by atoms with Crippen molar-refractivity contribution in [2.45, 2.75) is 38.3 Å². The second kappa shape index (κ2) is 8.87. The van der Waals surface area contributed by atoms with Crippen molar-refractivity contribution in [1.82, 2.24) is 10.2 Å². The Bertz CT molecular complexity index is 443. The van der Waals surface area contributed by atoms with Gasteiger partial charge in [-0.05, 0) is 50.2 Å². The number of piperidine rings is 1. The van der Waals surface area contributed by atoms with Crippen LogP contribution in [0.4, 0.5) is 0 Å². The van der Waals surface area contributed by atoms with Crippen LogP contribution in [0, 0.1) is 5.92 Å². The molecule has 2 aliphatic rings. The van der Waals surface area contributed by atoms with Gasteiger partial charge in [-0.3, -0.25) is 4.79 Å². The average molecular weight is 345 g/mol. The third kappa shape index (κ3) is 4.69. The third-order valence-electron chi connectivity index (χ3n) is 4.37. The van der Waals surface area contributed by atoms with Gasteiger partial charge in [0.15, 0.2) is 0 Å². The molecule has 1 N–H and O–H groups in total. The molecule has 0 aliphatic carbocycles. The van der Waals surface area contributed by atoms with Gasteiger partial charge in [-0.25, -0.2) is 0 Å². The minimum atomic E-state index is 0. The van der Waals surface area contributed by atoms with E-state index in [0.29, 0.717) is 5.91 Å². The van der Waals surface area contributed by atoms with Crippen LogP contribution in [-0.4, -0.2) is 43.2 Å². The Morgan fingerprint density at radius 1 is 1.36 bits per heavy atom. The van der Waals surface area contributed by atoms with Crippen LogP contribution in [0.1, 0.15) is 30.6 Å². The second-order valence-electron chi connectivity index (χ2n) is 5.96. The molecule has 124 valence electrons. The van der Waals surface area contributed by atoms with Gasteiger partial charge in [0.05, 0.1) is 12.6 Å². The fraction of sp³-hybridized carbons (Fsp3) is 0.688. The molecule has 1 unspecified atom stereocenters. The van der Waals surface area contributed by atoms with E-state index in [2.05, 4.69) is 22.8 Å². The van der Waals surface area contributed by atoms with Crippen molar-refractivity contribution < 1.29 is 9.53 Å². The zero-order valence-corrected chi connectivity index (χ0v) is 14.5. The molecule has 0 aromatic carbocycles. The summed E-state index contributed by atoms with van der Waals surface area (Å²) in [6.45, 7) is 4.26. The van der Waals surface area contributed by atoms with Gasteiger partial charge in [0.1, 0.15) is 0 Å². The highest BCUT2D eigenvalue weighted by Gasteiger charge is 2.29. The highest BCUT2D eigenvalue weighted by atomic mass is 35.5. The Morgan fingerprint density at radius 3 is 2.82 bits per heavy atom. The van der Waals surface area contributed by atoms with E-state index in [1.165, 1.54) is 4.88 Å². The lowest BCUT2D eigenvalue weighted by Crippen LogP contribution is -2.43. The summed E-state index contributed by atoms with van der Waals surface area (Å²) < 4.78 is 5.74. The van der Waals surface area contributed by atoms with Crippen LogP contribution in [-0.2, 0) is 16.1 Å². The first-order valence-electron chi connectivity index (χ1n) is 7.96. The highest BCUT2D eigenvalue weighted by Crippen LogP contribution is 2.21. The van der Waals surface area contributed by atoms with E-state index in [0.717, 1.165) is 58.5 Å². The van der Waals surface area contributed by atoms with Gasteiger partial charge >= 0.3 is 0 Å². The summed E-state index contributed by atoms with van der Waals surface area (Å²) >= 11 is 1.73. The second-order valence-corrected chi connectivity index (χ2v) is 6.99. The van der Waals surface area contributed by atoms with Crippen molar-refractivity contribution in [1.29, 1.82) is 0 Å². The molecule has 3 rings (SSSR count). The molecule has 2 aliphatic heterocycles. The van der Waals surface area contributed by atoms with Gasteiger partial charge in [-0.2, -0.15) is 0 Å². The lowest BCUT2D eigenvalue weighted by atomic mass is 9.96. The minimum absolute atomic E-state index is 0. The van der Waals surface area contributed by atoms with E-state index in [9.17, 15) is 4.79 Å². The molecule has 4 nitrogen and oxygen atoms in total. The Morgan fingerprint density at radius 2 is 2.18 bits per heavy atom. The predicted octanol–water partition coefficient (Wildman–Crippen LogP) is 2.68. The van der Waals surface area contributed by atoms with Crippen molar-refractivity contribution in [3.63, 3.8) is 0 Å². The number of halogens is 1. The van der Waals surface area contributed by atoms with Crippen molar-refractivity contribution in [2.24, 2.45) is 5.92 Å². The fourth-order valence-corrected chi connectivity index (χ4v) is 3.90. The van der Waals surface area contributed by atoms with Crippen LogP contribution in [0.25, 0.3) is 0 Å². The van der Waals surface area contributed by atoms with Crippen LogP contribution >= 0.6 is 23.7 Å². The molecule has 1 aromatic rings. The molecule has 0 saturated carbocycles. The third-order valence-corrected chi connectivity index (χ3v) is 5.24. The van der Waals surface area contributed by atoms with Crippen LogP contribution in [0.15, 0.2) is 17.5 Å². The fourth-order valence-electron chi connectivity index (χ4n) is 3.18. The molecule has 2 saturated heterocycles. The summed E-state index contributed by atoms with van der Waals surface area (Å²) in [5.74, 6) is 0.507. The molecule has 1 aromatic heterocycles. The van der Waals surface area contributed by atoms with Crippen molar-refractivity contribution in [3.8, 4) is 0 Å². The first kappa shape index (κ1) is 17.7. The number of hydrogen-bond acceptors (Lipinski definition) is 4. The zero-order chi connectivity index (χ0) is 14.5. The smallest absolute Gasteiger partial charge is 0.226 e. The lowest BCUT2D eigenvalue weighted by Gasteiger charge is -2.31. The van der Waals surface area contributed by atoms with E-state index in [1.807, 2.05) is 4.90 Å². The van der Waals surface area contributed by atoms with E-state index in [4.69, 9.17) is 4.74 Å². The molecule has 0 bridgehead atoms. The molecule has 1 amide bonds. The summed E-state index contributed by atoms with van der Waals surface area (Å²) in [6, 6.07) is 4.17. The zero-order valence-electron chi connectivity index (χ0n) is 12.8. The summed E-state index contributed by atoms with van der Waals surface area (Å²) in [5.41, 5.74) is 0. The Balaban J connectivity index is 0.00000176. The topological polar surface area (TPSA) is 41.6 Å². The number of carbonyl (C=O) groups is 1. The summed E-state index contributed by atoms with van der Waals surface area (Å²) in [4.78, 5) is 16.2. The average Bonchev–Trinajstić information content (AvgIpc) is 3.20. The summed E-state index contributed by atoms with van der Waals surface area (Å²) in [5, 5.41) is 5.41.